The van der Waals surface area contributed by atoms with Crippen LogP contribution in [0.2, 0.25) is 0 Å². The topological polar surface area (TPSA) is 181 Å². The molecule has 0 aliphatic carbocycles. The van der Waals surface area contributed by atoms with Gasteiger partial charge in [-0.15, -0.1) is 0 Å². The first-order valence-corrected chi connectivity index (χ1v) is 28.7. The Hall–Kier alpha value is -3.40. The van der Waals surface area contributed by atoms with E-state index in [4.69, 9.17) is 28.4 Å². The van der Waals surface area contributed by atoms with E-state index in [9.17, 15) is 33.6 Å². The van der Waals surface area contributed by atoms with Gasteiger partial charge in [-0.3, -0.25) is 33.6 Å². The van der Waals surface area contributed by atoms with Gasteiger partial charge in [-0.05, 0) is 113 Å². The van der Waals surface area contributed by atoms with Gasteiger partial charge in [-0.25, -0.2) is 0 Å². The fraction of sp³-hybridized carbons (Fsp3) is 0.877. The molecular weight excluding hydrogens is 953 g/mol. The van der Waals surface area contributed by atoms with Gasteiger partial charge in [0.2, 0.25) is 0 Å². The molecule has 0 aromatic heterocycles. The standard InChI is InChI=1S/C48H86N2O13S.C9H20/c1-12-15-18-26-46(4,5)42(54)59-34-38(33-58-37-51)62-40(52)24-21-30-50(45(57)64-32-23-29-49(10)11)31-22-25-41(53)63-39(35-60-43(55)47(6,7)27-19-16-13-2)36-61-44(56)48(8,9)28-20-17-14-3;1-5-6-7-8-9(2,3)4/h37-39H,12-36H2,1-11H3;5-8H2,1-4H3. The van der Waals surface area contributed by atoms with Crippen molar-refractivity contribution in [2.24, 2.45) is 21.7 Å². The minimum atomic E-state index is -1.03. The van der Waals surface area contributed by atoms with Crippen LogP contribution in [0.1, 0.15) is 225 Å². The number of esters is 5. The van der Waals surface area contributed by atoms with Crippen LogP contribution < -0.4 is 0 Å². The van der Waals surface area contributed by atoms with Crippen LogP contribution in [0.4, 0.5) is 4.79 Å². The molecular formula is C57H106N2O13S. The minimum absolute atomic E-state index is 0.0743. The van der Waals surface area contributed by atoms with Crippen LogP contribution >= 0.6 is 11.8 Å². The Morgan fingerprint density at radius 1 is 0.479 bits per heavy atom. The van der Waals surface area contributed by atoms with Gasteiger partial charge >= 0.3 is 29.8 Å². The van der Waals surface area contributed by atoms with Crippen molar-refractivity contribution in [3.63, 3.8) is 0 Å². The molecule has 1 amide bonds. The van der Waals surface area contributed by atoms with Gasteiger partial charge in [0.05, 0.1) is 16.2 Å². The minimum Gasteiger partial charge on any atom is -0.464 e. The largest absolute Gasteiger partial charge is 0.464 e. The van der Waals surface area contributed by atoms with E-state index < -0.39 is 58.3 Å². The summed E-state index contributed by atoms with van der Waals surface area (Å²) in [4.78, 5) is 93.2. The molecule has 0 N–H and O–H groups in total. The summed E-state index contributed by atoms with van der Waals surface area (Å²) < 4.78 is 32.9. The van der Waals surface area contributed by atoms with Crippen molar-refractivity contribution in [1.82, 2.24) is 9.80 Å². The normalized spacial score (nSPS) is 12.3. The van der Waals surface area contributed by atoms with Gasteiger partial charge < -0.3 is 38.2 Å². The molecule has 1 unspecified atom stereocenters. The second-order valence-electron chi connectivity index (χ2n) is 23.0. The molecule has 0 saturated heterocycles. The van der Waals surface area contributed by atoms with Crippen molar-refractivity contribution in [3.8, 4) is 0 Å². The summed E-state index contributed by atoms with van der Waals surface area (Å²) in [6, 6.07) is 0. The number of ether oxygens (including phenoxy) is 6. The Morgan fingerprint density at radius 2 is 0.836 bits per heavy atom. The smallest absolute Gasteiger partial charge is 0.311 e. The molecule has 73 heavy (non-hydrogen) atoms. The Bertz CT molecular complexity index is 1490. The SMILES string of the molecule is CCCCCC(C)(C)C.CCCCCC(C)(C)C(=O)OCC(COC=O)OC(=O)CCCN(CCCC(=O)OC(COC(=O)C(C)(C)CCCCC)COC(=O)C(C)(C)CCCCC)C(=O)SCCCN(C)C. The van der Waals surface area contributed by atoms with Gasteiger partial charge in [-0.1, -0.05) is 137 Å². The number of rotatable bonds is 41. The predicted molar refractivity (Wildman–Crippen MR) is 293 cm³/mol. The highest BCUT2D eigenvalue weighted by Gasteiger charge is 2.33. The maximum absolute atomic E-state index is 13.4. The summed E-state index contributed by atoms with van der Waals surface area (Å²) in [5.74, 6) is -1.94. The van der Waals surface area contributed by atoms with Crippen LogP contribution in [0.15, 0.2) is 0 Å². The van der Waals surface area contributed by atoms with Gasteiger partial charge in [-0.2, -0.15) is 0 Å². The van der Waals surface area contributed by atoms with Crippen LogP contribution in [0.5, 0.6) is 0 Å². The molecule has 0 aromatic carbocycles. The quantitative estimate of drug-likeness (QED) is 0.0244. The molecule has 0 rings (SSSR count). The van der Waals surface area contributed by atoms with Crippen LogP contribution in [0.3, 0.4) is 0 Å². The van der Waals surface area contributed by atoms with E-state index in [0.717, 1.165) is 82.5 Å². The molecule has 16 heteroatoms. The van der Waals surface area contributed by atoms with E-state index in [1.54, 1.807) is 18.7 Å². The second kappa shape index (κ2) is 40.9. The Kier molecular flexibility index (Phi) is 40.1. The molecule has 0 aromatic rings. The molecule has 0 saturated carbocycles. The van der Waals surface area contributed by atoms with Crippen molar-refractivity contribution in [3.05, 3.63) is 0 Å². The lowest BCUT2D eigenvalue weighted by molar-refractivity contribution is -0.173. The van der Waals surface area contributed by atoms with Gasteiger partial charge in [0.1, 0.15) is 26.4 Å². The van der Waals surface area contributed by atoms with Crippen LogP contribution in [0, 0.1) is 21.7 Å². The fourth-order valence-corrected chi connectivity index (χ4v) is 8.19. The summed E-state index contributed by atoms with van der Waals surface area (Å²) in [5, 5.41) is -0.203. The molecule has 0 heterocycles. The fourth-order valence-electron chi connectivity index (χ4n) is 7.38. The molecule has 0 aliphatic rings. The molecule has 0 radical (unpaired) electrons. The Balaban J connectivity index is 0. The first-order chi connectivity index (χ1) is 34.2. The monoisotopic (exact) mass is 1060 g/mol. The van der Waals surface area contributed by atoms with E-state index in [1.807, 2.05) is 46.7 Å². The average molecular weight is 1060 g/mol. The zero-order valence-corrected chi connectivity index (χ0v) is 49.7. The van der Waals surface area contributed by atoms with Crippen molar-refractivity contribution in [2.75, 3.05) is 65.9 Å². The summed E-state index contributed by atoms with van der Waals surface area (Å²) >= 11 is 1.16. The van der Waals surface area contributed by atoms with Crippen molar-refractivity contribution in [1.29, 1.82) is 0 Å². The maximum Gasteiger partial charge on any atom is 0.311 e. The highest BCUT2D eigenvalue weighted by molar-refractivity contribution is 8.13. The molecule has 428 valence electrons. The maximum atomic E-state index is 13.4. The second-order valence-corrected chi connectivity index (χ2v) is 24.0. The number of carbonyl (C=O) groups is 7. The van der Waals surface area contributed by atoms with Crippen molar-refractivity contribution >= 4 is 53.3 Å². The summed E-state index contributed by atoms with van der Waals surface area (Å²) in [5.41, 5.74) is -1.67. The summed E-state index contributed by atoms with van der Waals surface area (Å²) in [6.45, 7) is 26.6. The third-order valence-corrected chi connectivity index (χ3v) is 13.4. The highest BCUT2D eigenvalue weighted by Crippen LogP contribution is 2.28. The molecule has 0 bridgehead atoms. The molecule has 0 spiro atoms. The zero-order chi connectivity index (χ0) is 55.9. The number of amides is 1. The van der Waals surface area contributed by atoms with E-state index in [2.05, 4.69) is 48.5 Å². The lowest BCUT2D eigenvalue weighted by Crippen LogP contribution is -2.36. The first-order valence-electron chi connectivity index (χ1n) is 27.7. The molecule has 0 fully saturated rings. The van der Waals surface area contributed by atoms with Gasteiger partial charge in [0, 0.05) is 31.7 Å². The van der Waals surface area contributed by atoms with Crippen molar-refractivity contribution in [2.45, 2.75) is 237 Å². The third kappa shape index (κ3) is 38.8. The number of carbonyl (C=O) groups excluding carboxylic acids is 7. The Morgan fingerprint density at radius 3 is 1.16 bits per heavy atom. The average Bonchev–Trinajstić information content (AvgIpc) is 3.31. The number of nitrogens with zero attached hydrogens (tertiary/aromatic N) is 2. The van der Waals surface area contributed by atoms with Crippen LogP contribution in [-0.4, -0.2) is 129 Å². The summed E-state index contributed by atoms with van der Waals surface area (Å²) in [7, 11) is 3.91. The lowest BCUT2D eigenvalue weighted by Gasteiger charge is -2.26. The number of hydrogen-bond acceptors (Lipinski definition) is 15. The number of hydrogen-bond donors (Lipinski definition) is 0. The number of thioether (sulfide) groups is 1. The number of unbranched alkanes of at least 4 members (excludes halogenated alkanes) is 8. The highest BCUT2D eigenvalue weighted by atomic mass is 32.2. The third-order valence-electron chi connectivity index (χ3n) is 12.4. The van der Waals surface area contributed by atoms with E-state index in [-0.39, 0.29) is 76.9 Å². The van der Waals surface area contributed by atoms with Crippen LogP contribution in [0.25, 0.3) is 0 Å². The molecule has 0 aliphatic heterocycles. The first kappa shape index (κ1) is 71.7. The predicted octanol–water partition coefficient (Wildman–Crippen LogP) is 12.7. The van der Waals surface area contributed by atoms with E-state index in [1.165, 1.54) is 25.7 Å². The van der Waals surface area contributed by atoms with E-state index >= 15 is 0 Å². The lowest BCUT2D eigenvalue weighted by atomic mass is 9.87. The zero-order valence-electron chi connectivity index (χ0n) is 48.8. The van der Waals surface area contributed by atoms with Gasteiger partial charge in [0.25, 0.3) is 11.7 Å². The molecule has 1 atom stereocenters. The van der Waals surface area contributed by atoms with Crippen molar-refractivity contribution < 1.29 is 62.0 Å². The Labute approximate surface area is 448 Å². The van der Waals surface area contributed by atoms with E-state index in [0.29, 0.717) is 30.4 Å². The van der Waals surface area contributed by atoms with Crippen LogP contribution in [-0.2, 0) is 57.2 Å². The summed E-state index contributed by atoms with van der Waals surface area (Å²) in [6.07, 6.45) is 15.1. The molecule has 15 nitrogen and oxygen atoms in total. The van der Waals surface area contributed by atoms with Gasteiger partial charge in [0.15, 0.2) is 12.2 Å².